The number of aromatic nitrogens is 2. The molecule has 2 atom stereocenters. The fourth-order valence-corrected chi connectivity index (χ4v) is 2.76. The Kier molecular flexibility index (Phi) is 5.48. The van der Waals surface area contributed by atoms with Gasteiger partial charge in [-0.25, -0.2) is 4.98 Å². The number of ether oxygens (including phenoxy) is 2. The Hall–Kier alpha value is -2.34. The average Bonchev–Trinajstić information content (AvgIpc) is 3.26. The molecule has 1 N–H and O–H groups in total. The number of benzene rings is 1. The molecule has 0 unspecified atom stereocenters. The molecule has 0 spiro atoms. The lowest BCUT2D eigenvalue weighted by atomic mass is 10.2. The van der Waals surface area contributed by atoms with Crippen molar-refractivity contribution in [3.8, 4) is 5.75 Å². The number of nitrogens with zero attached hydrogens (tertiary/aromatic N) is 2. The Morgan fingerprint density at radius 3 is 3.21 bits per heavy atom. The molecule has 1 aliphatic rings. The van der Waals surface area contributed by atoms with Crippen LogP contribution in [0.3, 0.4) is 0 Å². The van der Waals surface area contributed by atoms with E-state index in [0.717, 1.165) is 19.4 Å². The summed E-state index contributed by atoms with van der Waals surface area (Å²) in [4.78, 5) is 16.4. The molecule has 3 rings (SSSR count). The van der Waals surface area contributed by atoms with E-state index in [2.05, 4.69) is 10.3 Å². The molecule has 0 saturated carbocycles. The first kappa shape index (κ1) is 16.5. The maximum absolute atomic E-state index is 12.4. The minimum absolute atomic E-state index is 0.00293. The van der Waals surface area contributed by atoms with Crippen molar-refractivity contribution in [1.29, 1.82) is 0 Å². The van der Waals surface area contributed by atoms with Crippen molar-refractivity contribution in [2.24, 2.45) is 0 Å². The zero-order valence-corrected chi connectivity index (χ0v) is 13.9. The summed E-state index contributed by atoms with van der Waals surface area (Å²) in [5.41, 5.74) is 0.595. The molecule has 1 aromatic heterocycles. The Morgan fingerprint density at radius 1 is 1.54 bits per heavy atom. The Morgan fingerprint density at radius 2 is 2.46 bits per heavy atom. The molecule has 1 aromatic carbocycles. The van der Waals surface area contributed by atoms with Gasteiger partial charge in [-0.3, -0.25) is 4.79 Å². The number of rotatable bonds is 7. The zero-order chi connectivity index (χ0) is 16.8. The van der Waals surface area contributed by atoms with Gasteiger partial charge < -0.3 is 19.4 Å². The molecule has 0 aliphatic carbocycles. The Labute approximate surface area is 141 Å². The number of nitrogens with one attached hydrogen (secondary N) is 1. The van der Waals surface area contributed by atoms with Gasteiger partial charge in [0, 0.05) is 37.2 Å². The summed E-state index contributed by atoms with van der Waals surface area (Å²) in [5.74, 6) is 0.589. The van der Waals surface area contributed by atoms with Crippen molar-refractivity contribution < 1.29 is 14.3 Å². The van der Waals surface area contributed by atoms with Gasteiger partial charge in [0.05, 0.1) is 12.4 Å². The van der Waals surface area contributed by atoms with E-state index in [4.69, 9.17) is 9.47 Å². The molecule has 0 bridgehead atoms. The number of carbonyl (C=O) groups is 1. The van der Waals surface area contributed by atoms with Crippen LogP contribution >= 0.6 is 0 Å². The first-order valence-electron chi connectivity index (χ1n) is 8.32. The summed E-state index contributed by atoms with van der Waals surface area (Å²) in [6, 6.07) is 7.26. The van der Waals surface area contributed by atoms with E-state index in [9.17, 15) is 4.79 Å². The lowest BCUT2D eigenvalue weighted by Gasteiger charge is -2.15. The Balaban J connectivity index is 1.53. The molecule has 0 radical (unpaired) electrons. The van der Waals surface area contributed by atoms with Crippen molar-refractivity contribution in [3.63, 3.8) is 0 Å². The highest BCUT2D eigenvalue weighted by Gasteiger charge is 2.16. The molecule has 1 fully saturated rings. The van der Waals surface area contributed by atoms with Gasteiger partial charge in [-0.05, 0) is 38.0 Å². The maximum atomic E-state index is 12.4. The fourth-order valence-electron chi connectivity index (χ4n) is 2.76. The van der Waals surface area contributed by atoms with Gasteiger partial charge in [-0.1, -0.05) is 6.07 Å². The first-order valence-corrected chi connectivity index (χ1v) is 8.32. The molecule has 2 heterocycles. The summed E-state index contributed by atoms with van der Waals surface area (Å²) < 4.78 is 13.2. The van der Waals surface area contributed by atoms with Crippen LogP contribution in [0.4, 0.5) is 0 Å². The van der Waals surface area contributed by atoms with E-state index in [1.54, 1.807) is 24.7 Å². The van der Waals surface area contributed by atoms with Crippen molar-refractivity contribution in [2.45, 2.75) is 38.5 Å². The minimum atomic E-state index is -0.106. The number of amides is 1. The quantitative estimate of drug-likeness (QED) is 0.846. The van der Waals surface area contributed by atoms with E-state index >= 15 is 0 Å². The molecule has 1 amide bonds. The van der Waals surface area contributed by atoms with Crippen molar-refractivity contribution in [3.05, 3.63) is 48.5 Å². The topological polar surface area (TPSA) is 65.4 Å². The van der Waals surface area contributed by atoms with E-state index in [-0.39, 0.29) is 18.1 Å². The van der Waals surface area contributed by atoms with Crippen LogP contribution < -0.4 is 10.1 Å². The van der Waals surface area contributed by atoms with Crippen LogP contribution in [0.5, 0.6) is 5.75 Å². The summed E-state index contributed by atoms with van der Waals surface area (Å²) >= 11 is 0. The summed E-state index contributed by atoms with van der Waals surface area (Å²) in [5, 5.41) is 2.99. The molecule has 6 nitrogen and oxygen atoms in total. The number of carbonyl (C=O) groups excluding carboxylic acids is 1. The monoisotopic (exact) mass is 329 g/mol. The van der Waals surface area contributed by atoms with Crippen molar-refractivity contribution in [2.75, 3.05) is 13.2 Å². The van der Waals surface area contributed by atoms with Crippen LogP contribution in [0, 0.1) is 0 Å². The molecule has 6 heteroatoms. The molecular formula is C18H23N3O3. The van der Waals surface area contributed by atoms with E-state index in [1.807, 2.05) is 29.8 Å². The maximum Gasteiger partial charge on any atom is 0.251 e. The van der Waals surface area contributed by atoms with Crippen LogP contribution in [0.1, 0.15) is 30.1 Å². The third kappa shape index (κ3) is 4.58. The van der Waals surface area contributed by atoms with Crippen LogP contribution in [-0.2, 0) is 11.3 Å². The average molecular weight is 329 g/mol. The Bertz CT molecular complexity index is 651. The molecule has 1 saturated heterocycles. The summed E-state index contributed by atoms with van der Waals surface area (Å²) in [6.07, 6.45) is 7.63. The number of hydrogen-bond acceptors (Lipinski definition) is 4. The molecule has 2 aromatic rings. The third-order valence-corrected chi connectivity index (χ3v) is 3.98. The molecule has 1 aliphatic heterocycles. The van der Waals surface area contributed by atoms with Gasteiger partial charge in [-0.15, -0.1) is 0 Å². The van der Waals surface area contributed by atoms with Crippen LogP contribution in [0.15, 0.2) is 43.0 Å². The van der Waals surface area contributed by atoms with Crippen LogP contribution in [-0.4, -0.2) is 40.8 Å². The zero-order valence-electron chi connectivity index (χ0n) is 13.9. The predicted octanol–water partition coefficient (Wildman–Crippen LogP) is 2.26. The second kappa shape index (κ2) is 7.97. The summed E-state index contributed by atoms with van der Waals surface area (Å²) in [7, 11) is 0. The lowest BCUT2D eigenvalue weighted by molar-refractivity contribution is 0.0679. The van der Waals surface area contributed by atoms with Gasteiger partial charge in [0.25, 0.3) is 5.91 Å². The molecular weight excluding hydrogens is 306 g/mol. The lowest BCUT2D eigenvalue weighted by Crippen LogP contribution is -2.35. The van der Waals surface area contributed by atoms with Gasteiger partial charge >= 0.3 is 0 Å². The largest absolute Gasteiger partial charge is 0.491 e. The van der Waals surface area contributed by atoms with Gasteiger partial charge in [0.1, 0.15) is 12.4 Å². The van der Waals surface area contributed by atoms with Gasteiger partial charge in [0.2, 0.25) is 0 Å². The number of imidazole rings is 1. The second-order valence-corrected chi connectivity index (χ2v) is 6.11. The van der Waals surface area contributed by atoms with E-state index < -0.39 is 0 Å². The highest BCUT2D eigenvalue weighted by molar-refractivity contribution is 5.94. The van der Waals surface area contributed by atoms with E-state index in [1.165, 1.54) is 0 Å². The second-order valence-electron chi connectivity index (χ2n) is 6.11. The number of hydrogen-bond donors (Lipinski definition) is 1. The van der Waals surface area contributed by atoms with Crippen molar-refractivity contribution >= 4 is 5.91 Å². The predicted molar refractivity (Wildman–Crippen MR) is 90.1 cm³/mol. The minimum Gasteiger partial charge on any atom is -0.491 e. The standard InChI is InChI=1S/C18H23N3O3/c1-14(11-21-8-7-19-13-21)20-18(22)15-4-2-5-16(10-15)24-12-17-6-3-9-23-17/h2,4-5,7-8,10,13-14,17H,3,6,9,11-12H2,1H3,(H,20,22)/t14-,17-/m1/s1. The van der Waals surface area contributed by atoms with E-state index in [0.29, 0.717) is 24.5 Å². The third-order valence-electron chi connectivity index (χ3n) is 3.98. The van der Waals surface area contributed by atoms with Gasteiger partial charge in [0.15, 0.2) is 0 Å². The SMILES string of the molecule is C[C@H](Cn1ccnc1)NC(=O)c1cccc(OC[C@H]2CCCO2)c1. The highest BCUT2D eigenvalue weighted by atomic mass is 16.5. The van der Waals surface area contributed by atoms with Gasteiger partial charge in [-0.2, -0.15) is 0 Å². The fraction of sp³-hybridized carbons (Fsp3) is 0.444. The smallest absolute Gasteiger partial charge is 0.251 e. The normalized spacial score (nSPS) is 18.3. The first-order chi connectivity index (χ1) is 11.7. The van der Waals surface area contributed by atoms with Crippen LogP contribution in [0.25, 0.3) is 0 Å². The molecule has 24 heavy (non-hydrogen) atoms. The van der Waals surface area contributed by atoms with Crippen molar-refractivity contribution in [1.82, 2.24) is 14.9 Å². The molecule has 128 valence electrons. The summed E-state index contributed by atoms with van der Waals surface area (Å²) in [6.45, 7) is 3.99. The highest BCUT2D eigenvalue weighted by Crippen LogP contribution is 2.17. The van der Waals surface area contributed by atoms with Crippen LogP contribution in [0.2, 0.25) is 0 Å².